The topological polar surface area (TPSA) is 73.1 Å². The third kappa shape index (κ3) is 3.32. The van der Waals surface area contributed by atoms with E-state index in [1.54, 1.807) is 30.3 Å². The first-order chi connectivity index (χ1) is 9.16. The van der Waals surface area contributed by atoms with Crippen LogP contribution in [-0.4, -0.2) is 15.7 Å². The van der Waals surface area contributed by atoms with E-state index < -0.39 is 4.92 Å². The molecule has 94 valence electrons. The van der Waals surface area contributed by atoms with E-state index in [-0.39, 0.29) is 11.5 Å². The van der Waals surface area contributed by atoms with Crippen molar-refractivity contribution in [2.75, 3.05) is 0 Å². The molecule has 0 N–H and O–H groups in total. The molecule has 0 atom stereocenters. The molecule has 1 aromatic heterocycles. The van der Waals surface area contributed by atoms with Crippen molar-refractivity contribution in [1.29, 1.82) is 0 Å². The number of rotatable bonds is 4. The lowest BCUT2D eigenvalue weighted by Gasteiger charge is -1.95. The van der Waals surface area contributed by atoms with E-state index in [2.05, 4.69) is 4.98 Å². The van der Waals surface area contributed by atoms with Gasteiger partial charge in [-0.05, 0) is 23.8 Å². The summed E-state index contributed by atoms with van der Waals surface area (Å²) in [6.45, 7) is 0. The zero-order chi connectivity index (χ0) is 13.7. The molecule has 1 heterocycles. The fourth-order valence-corrected chi connectivity index (χ4v) is 1.51. The van der Waals surface area contributed by atoms with Gasteiger partial charge in [0.25, 0.3) is 5.69 Å². The minimum atomic E-state index is -0.474. The number of carbonyl (C=O) groups excluding carboxylic acids is 1. The molecule has 5 nitrogen and oxygen atoms in total. The Labute approximate surface area is 109 Å². The largest absolute Gasteiger partial charge is 0.288 e. The van der Waals surface area contributed by atoms with Crippen LogP contribution >= 0.6 is 0 Å². The van der Waals surface area contributed by atoms with Gasteiger partial charge in [0.15, 0.2) is 0 Å². The highest BCUT2D eigenvalue weighted by atomic mass is 16.6. The van der Waals surface area contributed by atoms with Crippen molar-refractivity contribution in [2.45, 2.75) is 0 Å². The minimum absolute atomic E-state index is 0.00700. The van der Waals surface area contributed by atoms with E-state index in [0.717, 1.165) is 0 Å². The lowest BCUT2D eigenvalue weighted by Crippen LogP contribution is -1.96. The summed E-state index contributed by atoms with van der Waals surface area (Å²) in [6.07, 6.45) is 4.42. The molecule has 0 radical (unpaired) electrons. The van der Waals surface area contributed by atoms with Gasteiger partial charge < -0.3 is 0 Å². The van der Waals surface area contributed by atoms with E-state index in [0.29, 0.717) is 11.3 Å². The van der Waals surface area contributed by atoms with Gasteiger partial charge in [0, 0.05) is 18.3 Å². The van der Waals surface area contributed by atoms with Gasteiger partial charge in [-0.25, -0.2) is 0 Å². The van der Waals surface area contributed by atoms with Gasteiger partial charge in [-0.1, -0.05) is 24.3 Å². The maximum absolute atomic E-state index is 11.8. The number of carbonyl (C=O) groups is 1. The van der Waals surface area contributed by atoms with Crippen molar-refractivity contribution in [3.63, 3.8) is 0 Å². The van der Waals surface area contributed by atoms with Crippen molar-refractivity contribution in [2.24, 2.45) is 0 Å². The number of nitro benzene ring substituents is 1. The maximum Gasteiger partial charge on any atom is 0.270 e. The zero-order valence-electron chi connectivity index (χ0n) is 9.89. The third-order valence-corrected chi connectivity index (χ3v) is 2.43. The average Bonchev–Trinajstić information content (AvgIpc) is 2.46. The van der Waals surface area contributed by atoms with Gasteiger partial charge in [-0.3, -0.25) is 19.9 Å². The number of nitro groups is 1. The van der Waals surface area contributed by atoms with Crippen LogP contribution in [0, 0.1) is 10.1 Å². The quantitative estimate of drug-likeness (QED) is 0.364. The Morgan fingerprint density at radius 1 is 1.21 bits per heavy atom. The van der Waals surface area contributed by atoms with Crippen LogP contribution in [0.4, 0.5) is 5.69 Å². The third-order valence-electron chi connectivity index (χ3n) is 2.43. The summed E-state index contributed by atoms with van der Waals surface area (Å²) >= 11 is 0. The summed E-state index contributed by atoms with van der Waals surface area (Å²) < 4.78 is 0. The number of benzene rings is 1. The first kappa shape index (κ1) is 12.6. The van der Waals surface area contributed by atoms with Crippen LogP contribution in [0.25, 0.3) is 6.08 Å². The molecule has 0 aliphatic carbocycles. The van der Waals surface area contributed by atoms with Crippen molar-refractivity contribution < 1.29 is 9.72 Å². The molecular formula is C14H10N2O3. The summed E-state index contributed by atoms with van der Waals surface area (Å²) in [5, 5.41) is 10.6. The van der Waals surface area contributed by atoms with Crippen molar-refractivity contribution in [3.8, 4) is 0 Å². The van der Waals surface area contributed by atoms with Crippen LogP contribution in [0.15, 0.2) is 54.7 Å². The summed E-state index contributed by atoms with van der Waals surface area (Å²) in [7, 11) is 0. The lowest BCUT2D eigenvalue weighted by molar-refractivity contribution is -0.384. The van der Waals surface area contributed by atoms with Crippen LogP contribution in [-0.2, 0) is 0 Å². The molecule has 5 heteroatoms. The fourth-order valence-electron chi connectivity index (χ4n) is 1.51. The van der Waals surface area contributed by atoms with Gasteiger partial charge in [-0.15, -0.1) is 0 Å². The second-order valence-corrected chi connectivity index (χ2v) is 3.76. The smallest absolute Gasteiger partial charge is 0.270 e. The van der Waals surface area contributed by atoms with E-state index in [1.165, 1.54) is 30.5 Å². The number of aromatic nitrogens is 1. The zero-order valence-corrected chi connectivity index (χ0v) is 9.89. The first-order valence-corrected chi connectivity index (χ1v) is 5.55. The lowest BCUT2D eigenvalue weighted by atomic mass is 10.1. The number of allylic oxidation sites excluding steroid dienone is 1. The molecule has 2 aromatic rings. The van der Waals surface area contributed by atoms with Gasteiger partial charge in [0.05, 0.1) is 4.92 Å². The van der Waals surface area contributed by atoms with Crippen molar-refractivity contribution >= 4 is 17.5 Å². The van der Waals surface area contributed by atoms with Crippen molar-refractivity contribution in [1.82, 2.24) is 4.98 Å². The highest BCUT2D eigenvalue weighted by Gasteiger charge is 2.05. The van der Waals surface area contributed by atoms with E-state index >= 15 is 0 Å². The minimum Gasteiger partial charge on any atom is -0.288 e. The maximum atomic E-state index is 11.8. The normalized spacial score (nSPS) is 10.5. The molecule has 0 saturated carbocycles. The number of pyridine rings is 1. The molecule has 1 aromatic carbocycles. The molecule has 0 spiro atoms. The van der Waals surface area contributed by atoms with Gasteiger partial charge in [0.2, 0.25) is 5.78 Å². The van der Waals surface area contributed by atoms with E-state index in [1.807, 2.05) is 0 Å². The van der Waals surface area contributed by atoms with Gasteiger partial charge in [0.1, 0.15) is 5.69 Å². The molecule has 0 aliphatic heterocycles. The van der Waals surface area contributed by atoms with Crippen LogP contribution in [0.2, 0.25) is 0 Å². The molecule has 2 rings (SSSR count). The number of hydrogen-bond donors (Lipinski definition) is 0. The summed E-state index contributed by atoms with van der Waals surface area (Å²) in [5.41, 5.74) is 0.926. The summed E-state index contributed by atoms with van der Waals surface area (Å²) in [6, 6.07) is 11.1. The molecule has 0 saturated heterocycles. The highest BCUT2D eigenvalue weighted by Crippen LogP contribution is 2.14. The van der Waals surface area contributed by atoms with Gasteiger partial charge >= 0.3 is 0 Å². The number of nitrogens with zero attached hydrogens (tertiary/aromatic N) is 2. The summed E-state index contributed by atoms with van der Waals surface area (Å²) in [4.78, 5) is 25.8. The molecule has 0 bridgehead atoms. The molecule has 0 fully saturated rings. The Balaban J connectivity index is 2.17. The Bertz CT molecular complexity index is 636. The van der Waals surface area contributed by atoms with Crippen LogP contribution < -0.4 is 0 Å². The molecule has 0 amide bonds. The second kappa shape index (κ2) is 5.68. The predicted molar refractivity (Wildman–Crippen MR) is 70.7 cm³/mol. The Morgan fingerprint density at radius 3 is 2.74 bits per heavy atom. The number of ketones is 1. The SMILES string of the molecule is O=C(/C=C/c1cccc([N+](=O)[O-])c1)c1ccccn1. The molecular weight excluding hydrogens is 244 g/mol. The average molecular weight is 254 g/mol. The van der Waals surface area contributed by atoms with Crippen LogP contribution in [0.5, 0.6) is 0 Å². The van der Waals surface area contributed by atoms with Crippen molar-refractivity contribution in [3.05, 3.63) is 76.1 Å². The highest BCUT2D eigenvalue weighted by molar-refractivity contribution is 6.05. The Kier molecular flexibility index (Phi) is 3.78. The molecule has 19 heavy (non-hydrogen) atoms. The molecule has 0 unspecified atom stereocenters. The Hall–Kier alpha value is -2.82. The molecule has 0 aliphatic rings. The summed E-state index contributed by atoms with van der Waals surface area (Å²) in [5.74, 6) is -0.243. The first-order valence-electron chi connectivity index (χ1n) is 5.55. The monoisotopic (exact) mass is 254 g/mol. The van der Waals surface area contributed by atoms with Crippen LogP contribution in [0.3, 0.4) is 0 Å². The second-order valence-electron chi connectivity index (χ2n) is 3.76. The number of hydrogen-bond acceptors (Lipinski definition) is 4. The van der Waals surface area contributed by atoms with E-state index in [9.17, 15) is 14.9 Å². The fraction of sp³-hybridized carbons (Fsp3) is 0. The Morgan fingerprint density at radius 2 is 2.05 bits per heavy atom. The number of non-ortho nitro benzene ring substituents is 1. The predicted octanol–water partition coefficient (Wildman–Crippen LogP) is 2.89. The standard InChI is InChI=1S/C14H10N2O3/c17-14(13-6-1-2-9-15-13)8-7-11-4-3-5-12(10-11)16(18)19/h1-10H/b8-7+. The van der Waals surface area contributed by atoms with Gasteiger partial charge in [-0.2, -0.15) is 0 Å². The van der Waals surface area contributed by atoms with E-state index in [4.69, 9.17) is 0 Å². The van der Waals surface area contributed by atoms with Crippen LogP contribution in [0.1, 0.15) is 16.1 Å².